The summed E-state index contributed by atoms with van der Waals surface area (Å²) in [6.07, 6.45) is 0. The summed E-state index contributed by atoms with van der Waals surface area (Å²) in [6, 6.07) is 15.2. The number of carbonyl (C=O) groups excluding carboxylic acids is 1. The number of benzene rings is 2. The van der Waals surface area contributed by atoms with Crippen molar-refractivity contribution in [3.8, 4) is 17.1 Å². The van der Waals surface area contributed by atoms with Crippen molar-refractivity contribution in [2.24, 2.45) is 0 Å². The van der Waals surface area contributed by atoms with Gasteiger partial charge in [-0.3, -0.25) is 9.69 Å². The summed E-state index contributed by atoms with van der Waals surface area (Å²) in [7, 11) is 1.63. The van der Waals surface area contributed by atoms with Gasteiger partial charge in [-0.2, -0.15) is 0 Å². The molecule has 2 heterocycles. The first-order valence-corrected chi connectivity index (χ1v) is 11.9. The second-order valence-electron chi connectivity index (χ2n) is 7.68. The SMILES string of the molecule is CCN(CC)CCN(C(=O)c1cc(-c2ccccc2)on1)c1nc2c(OC)ccc(C)c2s1. The van der Waals surface area contributed by atoms with Crippen LogP contribution in [0, 0.1) is 6.92 Å². The fraction of sp³-hybridized carbons (Fsp3) is 0.320. The Morgan fingerprint density at radius 1 is 1.09 bits per heavy atom. The molecule has 0 fully saturated rings. The third-order valence-corrected chi connectivity index (χ3v) is 6.92. The molecule has 7 nitrogen and oxygen atoms in total. The average molecular weight is 465 g/mol. The van der Waals surface area contributed by atoms with E-state index in [1.54, 1.807) is 18.1 Å². The summed E-state index contributed by atoms with van der Waals surface area (Å²) in [5, 5.41) is 4.71. The lowest BCUT2D eigenvalue weighted by atomic mass is 10.1. The van der Waals surface area contributed by atoms with E-state index < -0.39 is 0 Å². The van der Waals surface area contributed by atoms with Gasteiger partial charge in [0.15, 0.2) is 16.6 Å². The second-order valence-corrected chi connectivity index (χ2v) is 8.66. The van der Waals surface area contributed by atoms with Crippen LogP contribution in [0.15, 0.2) is 53.1 Å². The van der Waals surface area contributed by atoms with Crippen LogP contribution < -0.4 is 9.64 Å². The van der Waals surface area contributed by atoms with Gasteiger partial charge in [0.25, 0.3) is 5.91 Å². The normalized spacial score (nSPS) is 11.3. The molecule has 0 saturated heterocycles. The van der Waals surface area contributed by atoms with Crippen molar-refractivity contribution in [2.75, 3.05) is 38.2 Å². The van der Waals surface area contributed by atoms with Crippen LogP contribution in [0.2, 0.25) is 0 Å². The van der Waals surface area contributed by atoms with Gasteiger partial charge in [0.05, 0.1) is 11.8 Å². The molecule has 8 heteroatoms. The van der Waals surface area contributed by atoms with E-state index in [0.717, 1.165) is 41.0 Å². The second kappa shape index (κ2) is 10.1. The van der Waals surface area contributed by atoms with Crippen LogP contribution in [-0.2, 0) is 0 Å². The van der Waals surface area contributed by atoms with Gasteiger partial charge in [-0.05, 0) is 31.6 Å². The highest BCUT2D eigenvalue weighted by Crippen LogP contribution is 2.37. The number of thiazole rings is 1. The van der Waals surface area contributed by atoms with Gasteiger partial charge >= 0.3 is 0 Å². The number of fused-ring (bicyclic) bond motifs is 1. The summed E-state index contributed by atoms with van der Waals surface area (Å²) < 4.78 is 12.0. The van der Waals surface area contributed by atoms with Crippen LogP contribution in [0.3, 0.4) is 0 Å². The minimum absolute atomic E-state index is 0.233. The molecular weight excluding hydrogens is 436 g/mol. The number of ether oxygens (including phenoxy) is 1. The summed E-state index contributed by atoms with van der Waals surface area (Å²) in [6.45, 7) is 9.32. The van der Waals surface area contributed by atoms with Gasteiger partial charge in [-0.15, -0.1) is 0 Å². The molecule has 0 N–H and O–H groups in total. The minimum atomic E-state index is -0.233. The number of amides is 1. The standard InChI is InChI=1S/C25H28N4O3S/c1-5-28(6-2)14-15-29(25-26-22-20(31-4)13-12-17(3)23(22)33-25)24(30)19-16-21(32-27-19)18-10-8-7-9-11-18/h7-13,16H,5-6,14-15H2,1-4H3. The summed E-state index contributed by atoms with van der Waals surface area (Å²) in [4.78, 5) is 22.4. The van der Waals surface area contributed by atoms with Crippen molar-refractivity contribution in [1.82, 2.24) is 15.0 Å². The third-order valence-electron chi connectivity index (χ3n) is 5.71. The zero-order valence-electron chi connectivity index (χ0n) is 19.4. The lowest BCUT2D eigenvalue weighted by molar-refractivity contribution is 0.0975. The predicted octanol–water partition coefficient (Wildman–Crippen LogP) is 5.26. The predicted molar refractivity (Wildman–Crippen MR) is 132 cm³/mol. The van der Waals surface area contributed by atoms with Gasteiger partial charge in [0, 0.05) is 24.7 Å². The number of nitrogens with zero attached hydrogens (tertiary/aromatic N) is 4. The van der Waals surface area contributed by atoms with E-state index in [1.807, 2.05) is 49.4 Å². The molecule has 1 amide bonds. The molecule has 0 bridgehead atoms. The third kappa shape index (κ3) is 4.77. The molecular formula is C25H28N4O3S. The zero-order valence-corrected chi connectivity index (χ0v) is 20.2. The number of aryl methyl sites for hydroxylation is 1. The molecule has 172 valence electrons. The van der Waals surface area contributed by atoms with Crippen LogP contribution in [0.4, 0.5) is 5.13 Å². The Morgan fingerprint density at radius 2 is 1.85 bits per heavy atom. The Hall–Kier alpha value is -3.23. The van der Waals surface area contributed by atoms with Gasteiger partial charge in [0.1, 0.15) is 11.3 Å². The van der Waals surface area contributed by atoms with Crippen LogP contribution >= 0.6 is 11.3 Å². The molecule has 4 aromatic rings. The van der Waals surface area contributed by atoms with Crippen LogP contribution in [0.1, 0.15) is 29.9 Å². The van der Waals surface area contributed by atoms with E-state index in [4.69, 9.17) is 14.2 Å². The Bertz CT molecular complexity index is 1230. The molecule has 0 aliphatic heterocycles. The van der Waals surface area contributed by atoms with E-state index in [9.17, 15) is 4.79 Å². The Balaban J connectivity index is 1.71. The monoisotopic (exact) mass is 464 g/mol. The molecule has 0 unspecified atom stereocenters. The lowest BCUT2D eigenvalue weighted by Gasteiger charge is -2.24. The van der Waals surface area contributed by atoms with Crippen LogP contribution in [0.5, 0.6) is 5.75 Å². The number of likely N-dealkylation sites (N-methyl/N-ethyl adjacent to an activating group) is 1. The van der Waals surface area contributed by atoms with E-state index in [-0.39, 0.29) is 11.6 Å². The lowest BCUT2D eigenvalue weighted by Crippen LogP contribution is -2.39. The topological polar surface area (TPSA) is 71.7 Å². The number of methoxy groups -OCH3 is 1. The largest absolute Gasteiger partial charge is 0.494 e. The molecule has 0 spiro atoms. The van der Waals surface area contributed by atoms with Crippen molar-refractivity contribution in [3.63, 3.8) is 0 Å². The van der Waals surface area contributed by atoms with Gasteiger partial charge in [-0.25, -0.2) is 4.98 Å². The van der Waals surface area contributed by atoms with Crippen molar-refractivity contribution in [3.05, 3.63) is 59.8 Å². The van der Waals surface area contributed by atoms with Gasteiger partial charge in [-0.1, -0.05) is 66.7 Å². The first-order valence-electron chi connectivity index (χ1n) is 11.1. The molecule has 0 aliphatic carbocycles. The highest BCUT2D eigenvalue weighted by molar-refractivity contribution is 7.22. The quantitative estimate of drug-likeness (QED) is 0.337. The highest BCUT2D eigenvalue weighted by atomic mass is 32.1. The molecule has 2 aromatic carbocycles. The van der Waals surface area contributed by atoms with E-state index in [2.05, 4.69) is 23.9 Å². The fourth-order valence-corrected chi connectivity index (χ4v) is 4.77. The molecule has 0 radical (unpaired) electrons. The maximum atomic E-state index is 13.6. The number of anilines is 1. The summed E-state index contributed by atoms with van der Waals surface area (Å²) in [5.74, 6) is 1.02. The first kappa shape index (κ1) is 22.9. The number of rotatable bonds is 9. The number of aromatic nitrogens is 2. The number of carbonyl (C=O) groups is 1. The van der Waals surface area contributed by atoms with Crippen LogP contribution in [-0.4, -0.2) is 54.2 Å². The molecule has 4 rings (SSSR count). The van der Waals surface area contributed by atoms with E-state index >= 15 is 0 Å². The molecule has 33 heavy (non-hydrogen) atoms. The summed E-state index contributed by atoms with van der Waals surface area (Å²) in [5.41, 5.74) is 3.00. The van der Waals surface area contributed by atoms with Crippen LogP contribution in [0.25, 0.3) is 21.5 Å². The van der Waals surface area contributed by atoms with Crippen molar-refractivity contribution >= 4 is 32.6 Å². The minimum Gasteiger partial charge on any atom is -0.494 e. The Kier molecular flexibility index (Phi) is 7.05. The first-order chi connectivity index (χ1) is 16.0. The molecule has 0 atom stereocenters. The Labute approximate surface area is 197 Å². The number of hydrogen-bond acceptors (Lipinski definition) is 7. The zero-order chi connectivity index (χ0) is 23.4. The van der Waals surface area contributed by atoms with Gasteiger partial charge in [0.2, 0.25) is 0 Å². The Morgan fingerprint density at radius 3 is 2.55 bits per heavy atom. The van der Waals surface area contributed by atoms with E-state index in [1.165, 1.54) is 11.3 Å². The highest BCUT2D eigenvalue weighted by Gasteiger charge is 2.26. The molecule has 0 saturated carbocycles. The molecule has 2 aromatic heterocycles. The van der Waals surface area contributed by atoms with Crippen molar-refractivity contribution in [1.29, 1.82) is 0 Å². The van der Waals surface area contributed by atoms with Gasteiger partial charge < -0.3 is 14.2 Å². The fourth-order valence-electron chi connectivity index (χ4n) is 3.70. The van der Waals surface area contributed by atoms with Crippen molar-refractivity contribution in [2.45, 2.75) is 20.8 Å². The summed E-state index contributed by atoms with van der Waals surface area (Å²) >= 11 is 1.49. The maximum Gasteiger partial charge on any atom is 0.282 e. The molecule has 0 aliphatic rings. The smallest absolute Gasteiger partial charge is 0.282 e. The number of hydrogen-bond donors (Lipinski definition) is 0. The van der Waals surface area contributed by atoms with Crippen molar-refractivity contribution < 1.29 is 14.1 Å². The van der Waals surface area contributed by atoms with E-state index in [0.29, 0.717) is 23.2 Å². The maximum absolute atomic E-state index is 13.6. The average Bonchev–Trinajstić information content (AvgIpc) is 3.51.